The Morgan fingerprint density at radius 1 is 1.16 bits per heavy atom. The number of aromatic nitrogens is 2. The Balaban J connectivity index is 1.28. The van der Waals surface area contributed by atoms with Crippen LogP contribution in [0, 0.1) is 0 Å². The van der Waals surface area contributed by atoms with Gasteiger partial charge in [-0.05, 0) is 31.2 Å². The SMILES string of the molecule is C[C@H](Sc1nnc([C@@H]2COc3ccccc3O2)o1)C(=O)N1CC(=O)Nc2ccccc21. The predicted molar refractivity (Wildman–Crippen MR) is 112 cm³/mol. The standard InChI is InChI=1S/C21H18N4O5S/c1-12(20(27)25-10-18(26)22-13-6-2-3-7-14(13)25)31-21-24-23-19(30-21)17-11-28-15-8-4-5-9-16(15)29-17/h2-9,12,17H,10-11H2,1H3,(H,22,26)/t12-,17-/m0/s1. The molecule has 158 valence electrons. The summed E-state index contributed by atoms with van der Waals surface area (Å²) in [6.45, 7) is 1.95. The number of benzene rings is 2. The Morgan fingerprint density at radius 3 is 2.81 bits per heavy atom. The molecule has 0 fully saturated rings. The van der Waals surface area contributed by atoms with Crippen molar-refractivity contribution in [3.63, 3.8) is 0 Å². The number of ether oxygens (including phenoxy) is 2. The van der Waals surface area contributed by atoms with Crippen LogP contribution in [0.5, 0.6) is 11.5 Å². The molecule has 1 aromatic heterocycles. The van der Waals surface area contributed by atoms with Crippen LogP contribution in [0.2, 0.25) is 0 Å². The third kappa shape index (κ3) is 3.81. The van der Waals surface area contributed by atoms with Crippen LogP contribution in [0.1, 0.15) is 18.9 Å². The first kappa shape index (κ1) is 19.4. The molecule has 0 aliphatic carbocycles. The highest BCUT2D eigenvalue weighted by Crippen LogP contribution is 2.37. The van der Waals surface area contributed by atoms with Crippen molar-refractivity contribution in [2.45, 2.75) is 23.5 Å². The number of rotatable bonds is 4. The molecule has 5 rings (SSSR count). The lowest BCUT2D eigenvalue weighted by Crippen LogP contribution is -2.45. The Kier molecular flexibility index (Phi) is 4.99. The zero-order valence-corrected chi connectivity index (χ0v) is 17.3. The van der Waals surface area contributed by atoms with Crippen molar-refractivity contribution in [1.82, 2.24) is 10.2 Å². The number of hydrogen-bond acceptors (Lipinski definition) is 8. The van der Waals surface area contributed by atoms with E-state index in [-0.39, 0.29) is 36.1 Å². The molecule has 2 aromatic carbocycles. The molecule has 2 aliphatic rings. The van der Waals surface area contributed by atoms with Crippen LogP contribution in [-0.2, 0) is 9.59 Å². The van der Waals surface area contributed by atoms with Crippen LogP contribution in [0.25, 0.3) is 0 Å². The van der Waals surface area contributed by atoms with Gasteiger partial charge in [-0.3, -0.25) is 14.5 Å². The van der Waals surface area contributed by atoms with Gasteiger partial charge in [-0.2, -0.15) is 0 Å². The van der Waals surface area contributed by atoms with Crippen LogP contribution in [0.3, 0.4) is 0 Å². The molecule has 2 amide bonds. The Hall–Kier alpha value is -3.53. The van der Waals surface area contributed by atoms with Gasteiger partial charge in [0.05, 0.1) is 16.6 Å². The van der Waals surface area contributed by atoms with Crippen molar-refractivity contribution in [2.75, 3.05) is 23.4 Å². The number of hydrogen-bond donors (Lipinski definition) is 1. The summed E-state index contributed by atoms with van der Waals surface area (Å²) in [6.07, 6.45) is -0.527. The third-order valence-corrected chi connectivity index (χ3v) is 5.79. The van der Waals surface area contributed by atoms with Crippen LogP contribution in [0.4, 0.5) is 11.4 Å². The molecule has 0 radical (unpaired) electrons. The number of thioether (sulfide) groups is 1. The number of nitrogens with zero attached hydrogens (tertiary/aromatic N) is 3. The first-order valence-electron chi connectivity index (χ1n) is 9.67. The fraction of sp³-hybridized carbons (Fsp3) is 0.238. The molecule has 0 saturated carbocycles. The summed E-state index contributed by atoms with van der Waals surface area (Å²) in [4.78, 5) is 26.5. The van der Waals surface area contributed by atoms with E-state index in [0.717, 1.165) is 11.8 Å². The lowest BCUT2D eigenvalue weighted by Gasteiger charge is -2.30. The zero-order chi connectivity index (χ0) is 21.4. The van der Waals surface area contributed by atoms with Gasteiger partial charge >= 0.3 is 0 Å². The highest BCUT2D eigenvalue weighted by molar-refractivity contribution is 8.00. The monoisotopic (exact) mass is 438 g/mol. The molecule has 9 nitrogen and oxygen atoms in total. The fourth-order valence-electron chi connectivity index (χ4n) is 3.39. The lowest BCUT2D eigenvalue weighted by atomic mass is 10.2. The summed E-state index contributed by atoms with van der Waals surface area (Å²) in [5.74, 6) is 1.09. The van der Waals surface area contributed by atoms with E-state index in [1.807, 2.05) is 24.3 Å². The lowest BCUT2D eigenvalue weighted by molar-refractivity contribution is -0.121. The van der Waals surface area contributed by atoms with Crippen molar-refractivity contribution < 1.29 is 23.5 Å². The summed E-state index contributed by atoms with van der Waals surface area (Å²) in [6, 6.07) is 14.5. The summed E-state index contributed by atoms with van der Waals surface area (Å²) < 4.78 is 17.3. The maximum Gasteiger partial charge on any atom is 0.277 e. The van der Waals surface area contributed by atoms with E-state index < -0.39 is 11.4 Å². The highest BCUT2D eigenvalue weighted by atomic mass is 32.2. The second kappa shape index (κ2) is 7.95. The molecule has 3 aromatic rings. The van der Waals surface area contributed by atoms with Gasteiger partial charge in [0, 0.05) is 0 Å². The first-order valence-corrected chi connectivity index (χ1v) is 10.6. The molecular weight excluding hydrogens is 420 g/mol. The molecule has 0 saturated heterocycles. The number of anilines is 2. The Morgan fingerprint density at radius 2 is 1.94 bits per heavy atom. The number of nitrogens with one attached hydrogen (secondary N) is 1. The first-order chi connectivity index (χ1) is 15.1. The second-order valence-corrected chi connectivity index (χ2v) is 8.31. The van der Waals surface area contributed by atoms with Gasteiger partial charge in [-0.1, -0.05) is 36.0 Å². The van der Waals surface area contributed by atoms with Gasteiger partial charge < -0.3 is 19.2 Å². The number of carbonyl (C=O) groups is 2. The minimum absolute atomic E-state index is 0.0392. The van der Waals surface area contributed by atoms with E-state index in [9.17, 15) is 9.59 Å². The third-order valence-electron chi connectivity index (χ3n) is 4.87. The maximum atomic E-state index is 13.0. The van der Waals surface area contributed by atoms with E-state index in [4.69, 9.17) is 13.9 Å². The highest BCUT2D eigenvalue weighted by Gasteiger charge is 2.32. The smallest absolute Gasteiger partial charge is 0.277 e. The van der Waals surface area contributed by atoms with Gasteiger partial charge in [0.2, 0.25) is 17.9 Å². The average molecular weight is 438 g/mol. The van der Waals surface area contributed by atoms with Crippen molar-refractivity contribution in [2.24, 2.45) is 0 Å². The number of carbonyl (C=O) groups excluding carboxylic acids is 2. The minimum Gasteiger partial charge on any atom is -0.485 e. The quantitative estimate of drug-likeness (QED) is 0.620. The van der Waals surface area contributed by atoms with Crippen molar-refractivity contribution >= 4 is 35.0 Å². The molecule has 1 N–H and O–H groups in total. The van der Waals surface area contributed by atoms with Gasteiger partial charge in [0.25, 0.3) is 11.1 Å². The number of fused-ring (bicyclic) bond motifs is 2. The Bertz CT molecular complexity index is 1150. The largest absolute Gasteiger partial charge is 0.485 e. The summed E-state index contributed by atoms with van der Waals surface area (Å²) >= 11 is 1.13. The second-order valence-electron chi connectivity index (χ2n) is 7.02. The Labute approximate surface area is 181 Å². The summed E-state index contributed by atoms with van der Waals surface area (Å²) in [7, 11) is 0. The van der Waals surface area contributed by atoms with Crippen LogP contribution >= 0.6 is 11.8 Å². The van der Waals surface area contributed by atoms with E-state index in [2.05, 4.69) is 15.5 Å². The topological polar surface area (TPSA) is 107 Å². The molecule has 0 unspecified atom stereocenters. The van der Waals surface area contributed by atoms with Crippen molar-refractivity contribution in [3.8, 4) is 11.5 Å². The van der Waals surface area contributed by atoms with E-state index in [1.54, 1.807) is 31.2 Å². The fourth-order valence-corrected chi connectivity index (χ4v) is 4.14. The summed E-state index contributed by atoms with van der Waals surface area (Å²) in [5, 5.41) is 10.6. The molecule has 3 heterocycles. The van der Waals surface area contributed by atoms with Crippen molar-refractivity contribution in [3.05, 3.63) is 54.4 Å². The van der Waals surface area contributed by atoms with Crippen LogP contribution in [-0.4, -0.2) is 40.4 Å². The maximum absolute atomic E-state index is 13.0. The number of para-hydroxylation sites is 4. The predicted octanol–water partition coefficient (Wildman–Crippen LogP) is 3.05. The van der Waals surface area contributed by atoms with E-state index >= 15 is 0 Å². The van der Waals surface area contributed by atoms with Gasteiger partial charge in [-0.15, -0.1) is 10.2 Å². The minimum atomic E-state index is -0.545. The molecule has 10 heteroatoms. The number of amides is 2. The van der Waals surface area contributed by atoms with Gasteiger partial charge in [-0.25, -0.2) is 0 Å². The molecule has 0 bridgehead atoms. The van der Waals surface area contributed by atoms with Crippen molar-refractivity contribution in [1.29, 1.82) is 0 Å². The van der Waals surface area contributed by atoms with Gasteiger partial charge in [0.15, 0.2) is 11.5 Å². The van der Waals surface area contributed by atoms with E-state index in [0.29, 0.717) is 22.9 Å². The molecule has 2 atom stereocenters. The molecule has 0 spiro atoms. The van der Waals surface area contributed by atoms with Crippen LogP contribution in [0.15, 0.2) is 58.2 Å². The average Bonchev–Trinajstić information content (AvgIpc) is 3.26. The zero-order valence-electron chi connectivity index (χ0n) is 16.5. The molecular formula is C21H18N4O5S. The molecule has 2 aliphatic heterocycles. The van der Waals surface area contributed by atoms with Crippen LogP contribution < -0.4 is 19.7 Å². The van der Waals surface area contributed by atoms with Gasteiger partial charge in [0.1, 0.15) is 13.2 Å². The normalized spacial score (nSPS) is 18.2. The summed E-state index contributed by atoms with van der Waals surface area (Å²) in [5.41, 5.74) is 1.27. The van der Waals surface area contributed by atoms with E-state index in [1.165, 1.54) is 4.90 Å². The molecule has 31 heavy (non-hydrogen) atoms.